The summed E-state index contributed by atoms with van der Waals surface area (Å²) in [5, 5.41) is 3.77. The molecule has 3 aromatic heterocycles. The van der Waals surface area contributed by atoms with Gasteiger partial charge < -0.3 is 15.2 Å². The first-order chi connectivity index (χ1) is 12.9. The molecule has 0 bridgehead atoms. The minimum atomic E-state index is -4.40. The van der Waals surface area contributed by atoms with E-state index in [1.165, 1.54) is 0 Å². The van der Waals surface area contributed by atoms with Crippen molar-refractivity contribution in [3.05, 3.63) is 24.8 Å². The summed E-state index contributed by atoms with van der Waals surface area (Å²) in [6, 6.07) is 1.88. The average molecular weight is 378 g/mol. The van der Waals surface area contributed by atoms with E-state index in [0.29, 0.717) is 31.6 Å². The SMILES string of the molecule is O=C(NCC(F)(F)F)C1CCN(c2nc[nH]c3cnc4nccc4c23)CC1. The highest BCUT2D eigenvalue weighted by molar-refractivity contribution is 6.08. The minimum absolute atomic E-state index is 0.424. The van der Waals surface area contributed by atoms with Gasteiger partial charge in [-0.25, -0.2) is 15.0 Å². The first-order valence-corrected chi connectivity index (χ1v) is 8.58. The van der Waals surface area contributed by atoms with Gasteiger partial charge in [0.05, 0.1) is 23.4 Å². The van der Waals surface area contributed by atoms with Crippen molar-refractivity contribution in [1.29, 1.82) is 0 Å². The summed E-state index contributed by atoms with van der Waals surface area (Å²) in [6.07, 6.45) is 1.52. The molecule has 0 saturated carbocycles. The fourth-order valence-electron chi connectivity index (χ4n) is 3.46. The van der Waals surface area contributed by atoms with E-state index in [-0.39, 0.29) is 0 Å². The van der Waals surface area contributed by atoms with Crippen molar-refractivity contribution in [2.45, 2.75) is 19.0 Å². The van der Waals surface area contributed by atoms with E-state index < -0.39 is 24.5 Å². The number of hydrogen-bond acceptors (Lipinski definition) is 5. The van der Waals surface area contributed by atoms with Crippen LogP contribution in [-0.4, -0.2) is 51.7 Å². The van der Waals surface area contributed by atoms with Crippen LogP contribution >= 0.6 is 0 Å². The molecule has 0 aromatic carbocycles. The lowest BCUT2D eigenvalue weighted by atomic mass is 9.95. The van der Waals surface area contributed by atoms with Crippen molar-refractivity contribution >= 4 is 33.7 Å². The molecular formula is C17H17F3N6O. The van der Waals surface area contributed by atoms with Gasteiger partial charge in [-0.3, -0.25) is 4.79 Å². The van der Waals surface area contributed by atoms with Crippen molar-refractivity contribution in [3.8, 4) is 0 Å². The maximum atomic E-state index is 12.3. The molecule has 142 valence electrons. The van der Waals surface area contributed by atoms with Crippen LogP contribution in [0.5, 0.6) is 0 Å². The van der Waals surface area contributed by atoms with Gasteiger partial charge in [-0.15, -0.1) is 0 Å². The molecule has 0 spiro atoms. The number of amides is 1. The van der Waals surface area contributed by atoms with Gasteiger partial charge in [-0.05, 0) is 18.9 Å². The van der Waals surface area contributed by atoms with Crippen LogP contribution in [0, 0.1) is 5.92 Å². The Hall–Kier alpha value is -2.91. The summed E-state index contributed by atoms with van der Waals surface area (Å²) in [5.41, 5.74) is 1.46. The molecule has 0 radical (unpaired) electrons. The first-order valence-electron chi connectivity index (χ1n) is 8.58. The molecule has 1 aliphatic rings. The van der Waals surface area contributed by atoms with E-state index in [2.05, 4.69) is 24.8 Å². The number of hydrogen-bond donors (Lipinski definition) is 2. The molecule has 10 heteroatoms. The number of fused-ring (bicyclic) bond motifs is 3. The monoisotopic (exact) mass is 378 g/mol. The zero-order valence-corrected chi connectivity index (χ0v) is 14.3. The van der Waals surface area contributed by atoms with E-state index in [1.54, 1.807) is 18.7 Å². The van der Waals surface area contributed by atoms with Gasteiger partial charge in [-0.2, -0.15) is 13.2 Å². The number of alkyl halides is 3. The Morgan fingerprint density at radius 1 is 1.26 bits per heavy atom. The second-order valence-electron chi connectivity index (χ2n) is 6.55. The molecule has 7 nitrogen and oxygen atoms in total. The third-order valence-electron chi connectivity index (χ3n) is 4.79. The Morgan fingerprint density at radius 3 is 2.78 bits per heavy atom. The molecule has 1 amide bonds. The van der Waals surface area contributed by atoms with Gasteiger partial charge >= 0.3 is 6.18 Å². The summed E-state index contributed by atoms with van der Waals surface area (Å²) in [5.74, 6) is -0.205. The van der Waals surface area contributed by atoms with Crippen LogP contribution in [0.25, 0.3) is 21.9 Å². The van der Waals surface area contributed by atoms with Crippen LogP contribution < -0.4 is 10.2 Å². The summed E-state index contributed by atoms with van der Waals surface area (Å²) < 4.78 is 36.8. The summed E-state index contributed by atoms with van der Waals surface area (Å²) >= 11 is 0. The Labute approximate surface area is 152 Å². The number of carbonyl (C=O) groups excluding carboxylic acids is 1. The number of halogens is 3. The van der Waals surface area contributed by atoms with Crippen LogP contribution in [0.3, 0.4) is 0 Å². The third kappa shape index (κ3) is 3.51. The molecule has 0 unspecified atom stereocenters. The number of rotatable bonds is 3. The third-order valence-corrected chi connectivity index (χ3v) is 4.79. The highest BCUT2D eigenvalue weighted by Gasteiger charge is 2.31. The molecule has 0 atom stereocenters. The van der Waals surface area contributed by atoms with Crippen molar-refractivity contribution < 1.29 is 18.0 Å². The van der Waals surface area contributed by atoms with E-state index in [4.69, 9.17) is 0 Å². The topological polar surface area (TPSA) is 86.8 Å². The number of pyridine rings is 1. The highest BCUT2D eigenvalue weighted by Crippen LogP contribution is 2.31. The van der Waals surface area contributed by atoms with E-state index in [9.17, 15) is 18.0 Å². The van der Waals surface area contributed by atoms with E-state index in [1.807, 2.05) is 11.4 Å². The zero-order chi connectivity index (χ0) is 19.0. The summed E-state index contributed by atoms with van der Waals surface area (Å²) in [6.45, 7) is -0.218. The Balaban J connectivity index is 1.52. The van der Waals surface area contributed by atoms with Gasteiger partial charge in [0.15, 0.2) is 5.65 Å². The predicted molar refractivity (Wildman–Crippen MR) is 93.2 cm³/mol. The number of nitrogens with one attached hydrogen (secondary N) is 2. The van der Waals surface area contributed by atoms with Gasteiger partial charge in [0, 0.05) is 30.6 Å². The minimum Gasteiger partial charge on any atom is -0.356 e. The highest BCUT2D eigenvalue weighted by atomic mass is 19.4. The number of aromatic nitrogens is 4. The molecular weight excluding hydrogens is 361 g/mol. The van der Waals surface area contributed by atoms with Crippen LogP contribution in [0.4, 0.5) is 19.0 Å². The van der Waals surface area contributed by atoms with Crippen molar-refractivity contribution in [2.24, 2.45) is 5.92 Å². The normalized spacial score (nSPS) is 16.2. The smallest absolute Gasteiger partial charge is 0.356 e. The maximum absolute atomic E-state index is 12.3. The lowest BCUT2D eigenvalue weighted by molar-refractivity contribution is -0.141. The Bertz CT molecular complexity index is 978. The number of piperidine rings is 1. The average Bonchev–Trinajstić information content (AvgIpc) is 3.14. The summed E-state index contributed by atoms with van der Waals surface area (Å²) in [4.78, 5) is 30.1. The van der Waals surface area contributed by atoms with Crippen molar-refractivity contribution in [1.82, 2.24) is 25.3 Å². The molecule has 1 saturated heterocycles. The molecule has 1 fully saturated rings. The summed E-state index contributed by atoms with van der Waals surface area (Å²) in [7, 11) is 0. The largest absolute Gasteiger partial charge is 0.405 e. The fraction of sp³-hybridized carbons (Fsp3) is 0.412. The quantitative estimate of drug-likeness (QED) is 0.731. The lowest BCUT2D eigenvalue weighted by Gasteiger charge is -2.32. The van der Waals surface area contributed by atoms with Gasteiger partial charge in [0.1, 0.15) is 12.4 Å². The Kier molecular flexibility index (Phi) is 4.33. The van der Waals surface area contributed by atoms with Crippen LogP contribution in [0.2, 0.25) is 0 Å². The molecule has 27 heavy (non-hydrogen) atoms. The number of nitrogens with zero attached hydrogens (tertiary/aromatic N) is 4. The number of carbonyl (C=O) groups is 1. The van der Waals surface area contributed by atoms with Crippen LogP contribution in [0.1, 0.15) is 12.8 Å². The van der Waals surface area contributed by atoms with Crippen LogP contribution in [-0.2, 0) is 4.79 Å². The lowest BCUT2D eigenvalue weighted by Crippen LogP contribution is -2.43. The predicted octanol–water partition coefficient (Wildman–Crippen LogP) is 2.40. The molecule has 2 N–H and O–H groups in total. The number of anilines is 1. The van der Waals surface area contributed by atoms with Crippen molar-refractivity contribution in [2.75, 3.05) is 24.5 Å². The number of H-pyrrole nitrogens is 1. The first kappa shape index (κ1) is 17.5. The molecule has 1 aliphatic heterocycles. The second kappa shape index (κ2) is 6.67. The second-order valence-corrected chi connectivity index (χ2v) is 6.55. The van der Waals surface area contributed by atoms with Crippen molar-refractivity contribution in [3.63, 3.8) is 0 Å². The van der Waals surface area contributed by atoms with Crippen LogP contribution in [0.15, 0.2) is 24.8 Å². The van der Waals surface area contributed by atoms with E-state index in [0.717, 1.165) is 22.1 Å². The number of aromatic amines is 1. The van der Waals surface area contributed by atoms with Gasteiger partial charge in [0.2, 0.25) is 5.91 Å². The van der Waals surface area contributed by atoms with Gasteiger partial charge in [0.25, 0.3) is 0 Å². The standard InChI is InChI=1S/C17H17F3N6O/c18-17(19,20)8-23-16(27)10-2-5-26(6-3-10)15-13-11-1-4-21-14(11)22-7-12(13)24-9-25-15/h1,4,7,9-10H,2-3,5-6,8H2,(H,23,27)(H,24,25). The zero-order valence-electron chi connectivity index (χ0n) is 14.3. The Morgan fingerprint density at radius 2 is 2.04 bits per heavy atom. The van der Waals surface area contributed by atoms with E-state index >= 15 is 0 Å². The maximum Gasteiger partial charge on any atom is 0.405 e. The molecule has 4 rings (SSSR count). The fourth-order valence-corrected chi connectivity index (χ4v) is 3.46. The molecule has 0 aliphatic carbocycles. The molecule has 3 aromatic rings. The molecule has 4 heterocycles. The van der Waals surface area contributed by atoms with Gasteiger partial charge in [-0.1, -0.05) is 0 Å².